The van der Waals surface area contributed by atoms with Crippen molar-refractivity contribution in [1.82, 2.24) is 9.97 Å². The third-order valence-electron chi connectivity index (χ3n) is 1.93. The maximum absolute atomic E-state index is 13.0. The summed E-state index contributed by atoms with van der Waals surface area (Å²) in [6.45, 7) is 0. The molecule has 2 N–H and O–H groups in total. The molecule has 0 saturated carbocycles. The Kier molecular flexibility index (Phi) is 3.07. The van der Waals surface area contributed by atoms with Crippen molar-refractivity contribution in [2.75, 3.05) is 5.73 Å². The summed E-state index contributed by atoms with van der Waals surface area (Å²) in [4.78, 5) is 8.00. The van der Waals surface area contributed by atoms with Crippen LogP contribution in [0.15, 0.2) is 28.9 Å². The lowest BCUT2D eigenvalue weighted by atomic mass is 10.1. The molecule has 0 bridgehead atoms. The van der Waals surface area contributed by atoms with Crippen LogP contribution in [0.3, 0.4) is 0 Å². The fraction of sp³-hybridized carbons (Fsp3) is 0. The van der Waals surface area contributed by atoms with Crippen LogP contribution in [-0.2, 0) is 0 Å². The number of aromatic nitrogens is 2. The third kappa shape index (κ3) is 2.15. The zero-order valence-electron chi connectivity index (χ0n) is 7.92. The van der Waals surface area contributed by atoms with E-state index in [0.717, 1.165) is 0 Å². The van der Waals surface area contributed by atoms with Crippen molar-refractivity contribution < 1.29 is 4.39 Å². The quantitative estimate of drug-likeness (QED) is 0.879. The van der Waals surface area contributed by atoms with Crippen molar-refractivity contribution in [3.63, 3.8) is 0 Å². The molecular formula is C10H6BrClFN3. The van der Waals surface area contributed by atoms with Crippen molar-refractivity contribution in [3.05, 3.63) is 39.8 Å². The van der Waals surface area contributed by atoms with E-state index in [1.54, 1.807) is 12.1 Å². The normalized spacial score (nSPS) is 10.4. The van der Waals surface area contributed by atoms with E-state index in [1.807, 2.05) is 0 Å². The highest BCUT2D eigenvalue weighted by Crippen LogP contribution is 2.28. The zero-order valence-corrected chi connectivity index (χ0v) is 10.3. The molecule has 0 saturated heterocycles. The minimum absolute atomic E-state index is 0.145. The molecule has 0 aliphatic carbocycles. The summed E-state index contributed by atoms with van der Waals surface area (Å²) in [5, 5.41) is 0.145. The van der Waals surface area contributed by atoms with E-state index in [0.29, 0.717) is 15.9 Å². The summed E-state index contributed by atoms with van der Waals surface area (Å²) in [5.74, 6) is -0.159. The van der Waals surface area contributed by atoms with Crippen LogP contribution in [0.2, 0.25) is 5.15 Å². The van der Waals surface area contributed by atoms with E-state index in [9.17, 15) is 4.39 Å². The Labute approximate surface area is 105 Å². The van der Waals surface area contributed by atoms with Gasteiger partial charge in [0.05, 0.1) is 0 Å². The highest BCUT2D eigenvalue weighted by molar-refractivity contribution is 9.10. The van der Waals surface area contributed by atoms with E-state index in [2.05, 4.69) is 25.9 Å². The second-order valence-corrected chi connectivity index (χ2v) is 4.16. The van der Waals surface area contributed by atoms with Gasteiger partial charge in [-0.05, 0) is 28.1 Å². The molecule has 0 amide bonds. The monoisotopic (exact) mass is 301 g/mol. The largest absolute Gasteiger partial charge is 0.381 e. The summed E-state index contributed by atoms with van der Waals surface area (Å²) < 4.78 is 13.4. The molecule has 3 nitrogen and oxygen atoms in total. The molecule has 0 fully saturated rings. The molecule has 0 unspecified atom stereocenters. The molecule has 1 heterocycles. The van der Waals surface area contributed by atoms with Gasteiger partial charge in [0.25, 0.3) is 0 Å². The Morgan fingerprint density at radius 1 is 1.31 bits per heavy atom. The van der Waals surface area contributed by atoms with Crippen molar-refractivity contribution in [2.45, 2.75) is 0 Å². The van der Waals surface area contributed by atoms with Crippen molar-refractivity contribution in [3.8, 4) is 11.3 Å². The number of nitrogen functional groups attached to an aromatic ring is 1. The van der Waals surface area contributed by atoms with Gasteiger partial charge < -0.3 is 5.73 Å². The Morgan fingerprint density at radius 2 is 2.06 bits per heavy atom. The molecule has 0 spiro atoms. The fourth-order valence-corrected chi connectivity index (χ4v) is 1.73. The predicted molar refractivity (Wildman–Crippen MR) is 64.5 cm³/mol. The molecule has 6 heteroatoms. The predicted octanol–water partition coefficient (Wildman–Crippen LogP) is 3.28. The number of rotatable bonds is 1. The van der Waals surface area contributed by atoms with E-state index >= 15 is 0 Å². The first-order chi connectivity index (χ1) is 7.58. The lowest BCUT2D eigenvalue weighted by Crippen LogP contribution is -1.97. The summed E-state index contributed by atoms with van der Waals surface area (Å²) in [6.07, 6.45) is 0. The first kappa shape index (κ1) is 11.3. The van der Waals surface area contributed by atoms with E-state index < -0.39 is 0 Å². The van der Waals surface area contributed by atoms with Gasteiger partial charge >= 0.3 is 0 Å². The van der Waals surface area contributed by atoms with Crippen LogP contribution in [0.4, 0.5) is 10.2 Å². The summed E-state index contributed by atoms with van der Waals surface area (Å²) >= 11 is 9.04. The van der Waals surface area contributed by atoms with Crippen LogP contribution in [0.1, 0.15) is 0 Å². The smallest absolute Gasteiger partial charge is 0.158 e. The van der Waals surface area contributed by atoms with E-state index in [-0.39, 0.29) is 16.8 Å². The van der Waals surface area contributed by atoms with Crippen molar-refractivity contribution >= 4 is 33.3 Å². The summed E-state index contributed by atoms with van der Waals surface area (Å²) in [6, 6.07) is 5.95. The standard InChI is InChI=1S/C10H6BrClFN3/c11-8-10(14)16-9(12)7(15-8)5-2-1-3-6(13)4-5/h1-4H,(H2,14,16). The SMILES string of the molecule is Nc1nc(Cl)c(-c2cccc(F)c2)nc1Br. The van der Waals surface area contributed by atoms with Crippen LogP contribution in [0, 0.1) is 5.82 Å². The molecule has 2 aromatic rings. The van der Waals surface area contributed by atoms with Gasteiger partial charge in [-0.3, -0.25) is 0 Å². The molecule has 0 radical (unpaired) electrons. The number of halogens is 3. The molecule has 1 aromatic heterocycles. The first-order valence-corrected chi connectivity index (χ1v) is 5.49. The second-order valence-electron chi connectivity index (χ2n) is 3.05. The summed E-state index contributed by atoms with van der Waals surface area (Å²) in [7, 11) is 0. The molecule has 1 aromatic carbocycles. The lowest BCUT2D eigenvalue weighted by molar-refractivity contribution is 0.628. The number of anilines is 1. The average molecular weight is 303 g/mol. The minimum atomic E-state index is -0.358. The lowest BCUT2D eigenvalue weighted by Gasteiger charge is -2.05. The van der Waals surface area contributed by atoms with Crippen molar-refractivity contribution in [2.24, 2.45) is 0 Å². The van der Waals surface area contributed by atoms with Gasteiger partial charge in [-0.25, -0.2) is 14.4 Å². The van der Waals surface area contributed by atoms with Crippen LogP contribution < -0.4 is 5.73 Å². The maximum atomic E-state index is 13.0. The van der Waals surface area contributed by atoms with Gasteiger partial charge in [-0.2, -0.15) is 0 Å². The van der Waals surface area contributed by atoms with E-state index in [1.165, 1.54) is 12.1 Å². The Bertz CT molecular complexity index is 548. The molecule has 2 rings (SSSR count). The van der Waals surface area contributed by atoms with Gasteiger partial charge in [-0.1, -0.05) is 23.7 Å². The fourth-order valence-electron chi connectivity index (χ4n) is 1.23. The average Bonchev–Trinajstić information content (AvgIpc) is 2.23. The van der Waals surface area contributed by atoms with Gasteiger partial charge in [0, 0.05) is 5.56 Å². The van der Waals surface area contributed by atoms with Crippen LogP contribution in [-0.4, -0.2) is 9.97 Å². The number of hydrogen-bond acceptors (Lipinski definition) is 3. The Balaban J connectivity index is 2.60. The van der Waals surface area contributed by atoms with Gasteiger partial charge in [0.1, 0.15) is 16.1 Å². The minimum Gasteiger partial charge on any atom is -0.381 e. The number of nitrogens with two attached hydrogens (primary N) is 1. The summed E-state index contributed by atoms with van der Waals surface area (Å²) in [5.41, 5.74) is 6.46. The number of hydrogen-bond donors (Lipinski definition) is 1. The third-order valence-corrected chi connectivity index (χ3v) is 2.78. The van der Waals surface area contributed by atoms with Gasteiger partial charge in [-0.15, -0.1) is 0 Å². The molecule has 0 atom stereocenters. The van der Waals surface area contributed by atoms with Crippen LogP contribution >= 0.6 is 27.5 Å². The van der Waals surface area contributed by atoms with Gasteiger partial charge in [0.2, 0.25) is 0 Å². The van der Waals surface area contributed by atoms with E-state index in [4.69, 9.17) is 17.3 Å². The number of nitrogens with zero attached hydrogens (tertiary/aromatic N) is 2. The molecule has 0 aliphatic rings. The number of benzene rings is 1. The Morgan fingerprint density at radius 3 is 2.75 bits per heavy atom. The second kappa shape index (κ2) is 4.35. The highest BCUT2D eigenvalue weighted by Gasteiger charge is 2.10. The maximum Gasteiger partial charge on any atom is 0.158 e. The topological polar surface area (TPSA) is 51.8 Å². The van der Waals surface area contributed by atoms with Crippen LogP contribution in [0.5, 0.6) is 0 Å². The van der Waals surface area contributed by atoms with Crippen molar-refractivity contribution in [1.29, 1.82) is 0 Å². The highest BCUT2D eigenvalue weighted by atomic mass is 79.9. The molecular weight excluding hydrogens is 296 g/mol. The Hall–Kier alpha value is -1.20. The molecule has 82 valence electrons. The molecule has 16 heavy (non-hydrogen) atoms. The zero-order chi connectivity index (χ0) is 11.7. The van der Waals surface area contributed by atoms with Crippen LogP contribution in [0.25, 0.3) is 11.3 Å². The van der Waals surface area contributed by atoms with Gasteiger partial charge in [0.15, 0.2) is 11.0 Å². The first-order valence-electron chi connectivity index (χ1n) is 4.32. The molecule has 0 aliphatic heterocycles.